The summed E-state index contributed by atoms with van der Waals surface area (Å²) in [4.78, 5) is 16.1. The van der Waals surface area contributed by atoms with Gasteiger partial charge in [-0.2, -0.15) is 0 Å². The molecule has 3 nitrogen and oxygen atoms in total. The predicted molar refractivity (Wildman–Crippen MR) is 77.0 cm³/mol. The van der Waals surface area contributed by atoms with Crippen LogP contribution in [-0.2, 0) is 17.6 Å². The van der Waals surface area contributed by atoms with Crippen molar-refractivity contribution in [2.45, 2.75) is 26.2 Å². The molecule has 1 heterocycles. The summed E-state index contributed by atoms with van der Waals surface area (Å²) in [6.45, 7) is 2.08. The molecule has 0 bridgehead atoms. The van der Waals surface area contributed by atoms with E-state index in [4.69, 9.17) is 0 Å². The van der Waals surface area contributed by atoms with Gasteiger partial charge in [0, 0.05) is 24.0 Å². The largest absolute Gasteiger partial charge is 0.326 e. The number of nitrogens with one attached hydrogen (secondary N) is 1. The maximum atomic E-state index is 11.9. The molecule has 0 atom stereocenters. The minimum Gasteiger partial charge on any atom is -0.326 e. The van der Waals surface area contributed by atoms with Crippen LogP contribution < -0.4 is 5.32 Å². The summed E-state index contributed by atoms with van der Waals surface area (Å²) >= 11 is 0. The standard InChI is InChI=1S/C16H18N2O/c1-2-13-7-3-4-9-15(13)18-16(19)11-10-14-8-5-6-12-17-14/h3-9,12H,2,10-11H2,1H3,(H,18,19). The lowest BCUT2D eigenvalue weighted by Gasteiger charge is -2.09. The van der Waals surface area contributed by atoms with Crippen LogP contribution >= 0.6 is 0 Å². The summed E-state index contributed by atoms with van der Waals surface area (Å²) in [5.41, 5.74) is 3.02. The van der Waals surface area contributed by atoms with E-state index < -0.39 is 0 Å². The summed E-state index contributed by atoms with van der Waals surface area (Å²) in [6.07, 6.45) is 3.78. The Kier molecular flexibility index (Phi) is 4.67. The van der Waals surface area contributed by atoms with Crippen LogP contribution in [0, 0.1) is 0 Å². The van der Waals surface area contributed by atoms with E-state index in [1.54, 1.807) is 6.20 Å². The van der Waals surface area contributed by atoms with Crippen molar-refractivity contribution in [3.63, 3.8) is 0 Å². The van der Waals surface area contributed by atoms with Gasteiger partial charge in [-0.05, 0) is 36.6 Å². The number of nitrogens with zero attached hydrogens (tertiary/aromatic N) is 1. The molecule has 1 aromatic carbocycles. The van der Waals surface area contributed by atoms with Crippen LogP contribution in [0.3, 0.4) is 0 Å². The highest BCUT2D eigenvalue weighted by molar-refractivity contribution is 5.91. The van der Waals surface area contributed by atoms with Gasteiger partial charge in [0.15, 0.2) is 0 Å². The molecular formula is C16H18N2O. The molecule has 0 fully saturated rings. The number of hydrogen-bond acceptors (Lipinski definition) is 2. The first kappa shape index (κ1) is 13.3. The smallest absolute Gasteiger partial charge is 0.224 e. The third-order valence-electron chi connectivity index (χ3n) is 3.01. The number of pyridine rings is 1. The molecule has 3 heteroatoms. The van der Waals surface area contributed by atoms with Crippen LogP contribution in [0.2, 0.25) is 0 Å². The fraction of sp³-hybridized carbons (Fsp3) is 0.250. The minimum absolute atomic E-state index is 0.0338. The Morgan fingerprint density at radius 1 is 1.16 bits per heavy atom. The molecule has 98 valence electrons. The molecular weight excluding hydrogens is 236 g/mol. The van der Waals surface area contributed by atoms with Crippen molar-refractivity contribution in [1.82, 2.24) is 4.98 Å². The predicted octanol–water partition coefficient (Wildman–Crippen LogP) is 3.22. The second-order valence-electron chi connectivity index (χ2n) is 4.38. The van der Waals surface area contributed by atoms with Crippen LogP contribution in [0.1, 0.15) is 24.6 Å². The Bertz CT molecular complexity index is 537. The summed E-state index contributed by atoms with van der Waals surface area (Å²) in [7, 11) is 0. The zero-order chi connectivity index (χ0) is 13.5. The van der Waals surface area contributed by atoms with Gasteiger partial charge < -0.3 is 5.32 Å². The molecule has 19 heavy (non-hydrogen) atoms. The molecule has 1 amide bonds. The number of para-hydroxylation sites is 1. The first-order chi connectivity index (χ1) is 9.29. The van der Waals surface area contributed by atoms with Gasteiger partial charge >= 0.3 is 0 Å². The van der Waals surface area contributed by atoms with E-state index in [2.05, 4.69) is 17.2 Å². The van der Waals surface area contributed by atoms with Crippen molar-refractivity contribution in [2.75, 3.05) is 5.32 Å². The van der Waals surface area contributed by atoms with Crippen molar-refractivity contribution in [2.24, 2.45) is 0 Å². The average molecular weight is 254 g/mol. The van der Waals surface area contributed by atoms with Gasteiger partial charge in [0.05, 0.1) is 0 Å². The Hall–Kier alpha value is -2.16. The highest BCUT2D eigenvalue weighted by atomic mass is 16.1. The molecule has 0 spiro atoms. The number of rotatable bonds is 5. The number of carbonyl (C=O) groups excluding carboxylic acids is 1. The SMILES string of the molecule is CCc1ccccc1NC(=O)CCc1ccccn1. The summed E-state index contributed by atoms with van der Waals surface area (Å²) < 4.78 is 0. The monoisotopic (exact) mass is 254 g/mol. The van der Waals surface area contributed by atoms with Crippen LogP contribution in [0.4, 0.5) is 5.69 Å². The first-order valence-electron chi connectivity index (χ1n) is 6.57. The topological polar surface area (TPSA) is 42.0 Å². The van der Waals surface area contributed by atoms with Crippen molar-refractivity contribution in [1.29, 1.82) is 0 Å². The normalized spacial score (nSPS) is 10.2. The van der Waals surface area contributed by atoms with E-state index in [-0.39, 0.29) is 5.91 Å². The Labute approximate surface area is 113 Å². The van der Waals surface area contributed by atoms with Crippen molar-refractivity contribution in [3.05, 3.63) is 59.9 Å². The number of benzene rings is 1. The second-order valence-corrected chi connectivity index (χ2v) is 4.38. The van der Waals surface area contributed by atoms with Gasteiger partial charge in [-0.15, -0.1) is 0 Å². The molecule has 2 aromatic rings. The number of hydrogen-bond donors (Lipinski definition) is 1. The van der Waals surface area contributed by atoms with E-state index >= 15 is 0 Å². The lowest BCUT2D eigenvalue weighted by atomic mass is 10.1. The average Bonchev–Trinajstić information content (AvgIpc) is 2.47. The minimum atomic E-state index is 0.0338. The van der Waals surface area contributed by atoms with Gasteiger partial charge in [-0.25, -0.2) is 0 Å². The molecule has 1 aromatic heterocycles. The molecule has 0 aliphatic carbocycles. The van der Waals surface area contributed by atoms with E-state index in [1.165, 1.54) is 0 Å². The summed E-state index contributed by atoms with van der Waals surface area (Å²) in [6, 6.07) is 13.7. The fourth-order valence-electron chi connectivity index (χ4n) is 1.95. The van der Waals surface area contributed by atoms with Crippen molar-refractivity contribution in [3.8, 4) is 0 Å². The number of aryl methyl sites for hydroxylation is 2. The highest BCUT2D eigenvalue weighted by Crippen LogP contribution is 2.15. The first-order valence-corrected chi connectivity index (χ1v) is 6.57. The number of anilines is 1. The van der Waals surface area contributed by atoms with Gasteiger partial charge in [0.2, 0.25) is 5.91 Å². The van der Waals surface area contributed by atoms with Gasteiger partial charge in [-0.3, -0.25) is 9.78 Å². The Morgan fingerprint density at radius 2 is 1.95 bits per heavy atom. The third kappa shape index (κ3) is 3.91. The molecule has 2 rings (SSSR count). The van der Waals surface area contributed by atoms with Crippen molar-refractivity contribution < 1.29 is 4.79 Å². The quantitative estimate of drug-likeness (QED) is 0.890. The molecule has 1 N–H and O–H groups in total. The maximum Gasteiger partial charge on any atom is 0.224 e. The van der Waals surface area contributed by atoms with E-state index in [0.29, 0.717) is 12.8 Å². The van der Waals surface area contributed by atoms with Crippen LogP contribution in [0.5, 0.6) is 0 Å². The van der Waals surface area contributed by atoms with Crippen LogP contribution in [-0.4, -0.2) is 10.9 Å². The molecule has 0 saturated heterocycles. The Morgan fingerprint density at radius 3 is 2.68 bits per heavy atom. The number of amides is 1. The van der Waals surface area contributed by atoms with Crippen molar-refractivity contribution >= 4 is 11.6 Å². The summed E-state index contributed by atoms with van der Waals surface area (Å²) in [5, 5.41) is 2.96. The zero-order valence-electron chi connectivity index (χ0n) is 11.1. The molecule has 0 radical (unpaired) electrons. The lowest BCUT2D eigenvalue weighted by molar-refractivity contribution is -0.116. The lowest BCUT2D eigenvalue weighted by Crippen LogP contribution is -2.13. The number of aromatic nitrogens is 1. The van der Waals surface area contributed by atoms with Gasteiger partial charge in [0.25, 0.3) is 0 Å². The maximum absolute atomic E-state index is 11.9. The van der Waals surface area contributed by atoms with Crippen LogP contribution in [0.25, 0.3) is 0 Å². The Balaban J connectivity index is 1.91. The van der Waals surface area contributed by atoms with E-state index in [1.807, 2.05) is 42.5 Å². The zero-order valence-corrected chi connectivity index (χ0v) is 11.1. The third-order valence-corrected chi connectivity index (χ3v) is 3.01. The van der Waals surface area contributed by atoms with E-state index in [9.17, 15) is 4.79 Å². The molecule has 0 saturated carbocycles. The molecule has 0 aliphatic heterocycles. The summed E-state index contributed by atoms with van der Waals surface area (Å²) in [5.74, 6) is 0.0338. The number of carbonyl (C=O) groups is 1. The van der Waals surface area contributed by atoms with Gasteiger partial charge in [0.1, 0.15) is 0 Å². The van der Waals surface area contributed by atoms with Crippen LogP contribution in [0.15, 0.2) is 48.7 Å². The molecule has 0 unspecified atom stereocenters. The molecule has 0 aliphatic rings. The van der Waals surface area contributed by atoms with E-state index in [0.717, 1.165) is 23.4 Å². The highest BCUT2D eigenvalue weighted by Gasteiger charge is 2.06. The second kappa shape index (κ2) is 6.69. The fourth-order valence-corrected chi connectivity index (χ4v) is 1.95. The van der Waals surface area contributed by atoms with Gasteiger partial charge in [-0.1, -0.05) is 31.2 Å².